The van der Waals surface area contributed by atoms with Crippen LogP contribution in [0, 0.1) is 6.92 Å². The van der Waals surface area contributed by atoms with Crippen molar-refractivity contribution in [1.82, 2.24) is 19.9 Å². The first-order valence-corrected chi connectivity index (χ1v) is 6.60. The Hall–Kier alpha value is -2.82. The highest BCUT2D eigenvalue weighted by molar-refractivity contribution is 5.48. The van der Waals surface area contributed by atoms with E-state index in [2.05, 4.69) is 19.9 Å². The monoisotopic (exact) mass is 278 g/mol. The van der Waals surface area contributed by atoms with Crippen LogP contribution < -0.4 is 4.74 Å². The van der Waals surface area contributed by atoms with E-state index < -0.39 is 0 Å². The molecule has 0 saturated heterocycles. The topological polar surface area (TPSA) is 60.8 Å². The van der Waals surface area contributed by atoms with Gasteiger partial charge in [-0.1, -0.05) is 30.3 Å². The third kappa shape index (κ3) is 3.39. The molecule has 0 aliphatic heterocycles. The van der Waals surface area contributed by atoms with Crippen LogP contribution in [0.1, 0.15) is 11.3 Å². The van der Waals surface area contributed by atoms with E-state index in [4.69, 9.17) is 4.74 Å². The molecular weight excluding hydrogens is 264 g/mol. The molecule has 0 aliphatic rings. The van der Waals surface area contributed by atoms with E-state index in [1.807, 2.05) is 43.3 Å². The van der Waals surface area contributed by atoms with E-state index in [0.29, 0.717) is 24.0 Å². The fraction of sp³-hybridized carbons (Fsp3) is 0.125. The minimum atomic E-state index is 0.469. The molecule has 5 nitrogen and oxygen atoms in total. The van der Waals surface area contributed by atoms with E-state index in [1.54, 1.807) is 18.6 Å². The summed E-state index contributed by atoms with van der Waals surface area (Å²) in [6.07, 6.45) is 4.87. The maximum atomic E-state index is 5.74. The number of hydrogen-bond donors (Lipinski definition) is 0. The Morgan fingerprint density at radius 1 is 1.05 bits per heavy atom. The summed E-state index contributed by atoms with van der Waals surface area (Å²) in [4.78, 5) is 17.0. The lowest BCUT2D eigenvalue weighted by atomic mass is 10.2. The molecule has 5 heteroatoms. The molecule has 3 rings (SSSR count). The molecule has 0 aliphatic carbocycles. The van der Waals surface area contributed by atoms with Crippen molar-refractivity contribution < 1.29 is 4.74 Å². The van der Waals surface area contributed by atoms with Crippen LogP contribution in [0.25, 0.3) is 11.5 Å². The molecule has 0 fully saturated rings. The van der Waals surface area contributed by atoms with Gasteiger partial charge in [0, 0.05) is 24.2 Å². The zero-order valence-electron chi connectivity index (χ0n) is 11.6. The van der Waals surface area contributed by atoms with Crippen LogP contribution >= 0.6 is 0 Å². The summed E-state index contributed by atoms with van der Waals surface area (Å²) >= 11 is 0. The van der Waals surface area contributed by atoms with Crippen LogP contribution in [-0.4, -0.2) is 19.9 Å². The molecule has 0 spiro atoms. The lowest BCUT2D eigenvalue weighted by molar-refractivity contribution is 0.293. The molecule has 0 radical (unpaired) electrons. The number of ether oxygens (including phenoxy) is 1. The van der Waals surface area contributed by atoms with Gasteiger partial charge in [0.05, 0.1) is 6.20 Å². The molecule has 0 atom stereocenters. The summed E-state index contributed by atoms with van der Waals surface area (Å²) in [5, 5.41) is 0. The Labute approximate surface area is 122 Å². The molecular formula is C16H14N4O. The Morgan fingerprint density at radius 2 is 1.90 bits per heavy atom. The first-order chi connectivity index (χ1) is 10.3. The van der Waals surface area contributed by atoms with Crippen molar-refractivity contribution >= 4 is 0 Å². The number of rotatable bonds is 4. The van der Waals surface area contributed by atoms with Crippen molar-refractivity contribution in [2.24, 2.45) is 0 Å². The highest BCUT2D eigenvalue weighted by atomic mass is 16.5. The summed E-state index contributed by atoms with van der Waals surface area (Å²) in [6, 6.07) is 11.8. The number of aromatic nitrogens is 4. The first-order valence-electron chi connectivity index (χ1n) is 6.60. The van der Waals surface area contributed by atoms with Crippen LogP contribution in [0.5, 0.6) is 5.88 Å². The summed E-state index contributed by atoms with van der Waals surface area (Å²) in [5.41, 5.74) is 2.55. The van der Waals surface area contributed by atoms with Gasteiger partial charge in [0.25, 0.3) is 0 Å². The number of nitrogens with zero attached hydrogens (tertiary/aromatic N) is 4. The van der Waals surface area contributed by atoms with Gasteiger partial charge in [0.15, 0.2) is 5.82 Å². The van der Waals surface area contributed by atoms with Crippen molar-refractivity contribution in [1.29, 1.82) is 0 Å². The smallest absolute Gasteiger partial charge is 0.217 e. The number of aryl methyl sites for hydroxylation is 1. The summed E-state index contributed by atoms with van der Waals surface area (Å²) in [5.74, 6) is 1.05. The van der Waals surface area contributed by atoms with Gasteiger partial charge in [-0.15, -0.1) is 0 Å². The van der Waals surface area contributed by atoms with Gasteiger partial charge >= 0.3 is 0 Å². The molecule has 1 aromatic carbocycles. The van der Waals surface area contributed by atoms with Crippen LogP contribution in [0.4, 0.5) is 0 Å². The van der Waals surface area contributed by atoms with E-state index in [1.165, 1.54) is 0 Å². The highest BCUT2D eigenvalue weighted by Gasteiger charge is 2.07. The third-order valence-electron chi connectivity index (χ3n) is 2.85. The van der Waals surface area contributed by atoms with Crippen molar-refractivity contribution in [2.45, 2.75) is 13.5 Å². The van der Waals surface area contributed by atoms with Gasteiger partial charge < -0.3 is 4.74 Å². The lowest BCUT2D eigenvalue weighted by Crippen LogP contribution is -2.01. The molecule has 21 heavy (non-hydrogen) atoms. The molecule has 3 aromatic rings. The molecule has 0 N–H and O–H groups in total. The SMILES string of the molecule is Cc1cc(OCc2ccccc2)nc(-c2cnccn2)n1. The summed E-state index contributed by atoms with van der Waals surface area (Å²) in [7, 11) is 0. The predicted molar refractivity (Wildman–Crippen MR) is 78.6 cm³/mol. The lowest BCUT2D eigenvalue weighted by Gasteiger charge is -2.07. The standard InChI is InChI=1S/C16H14N4O/c1-12-9-15(21-11-13-5-3-2-4-6-13)20-16(19-12)14-10-17-7-8-18-14/h2-10H,11H2,1H3. The van der Waals surface area contributed by atoms with Crippen LogP contribution in [0.3, 0.4) is 0 Å². The van der Waals surface area contributed by atoms with E-state index in [-0.39, 0.29) is 0 Å². The van der Waals surface area contributed by atoms with Gasteiger partial charge in [-0.2, -0.15) is 4.98 Å². The fourth-order valence-electron chi connectivity index (χ4n) is 1.87. The number of benzene rings is 1. The average molecular weight is 278 g/mol. The summed E-state index contributed by atoms with van der Waals surface area (Å²) in [6.45, 7) is 2.37. The first kappa shape index (κ1) is 13.2. The minimum Gasteiger partial charge on any atom is -0.473 e. The third-order valence-corrected chi connectivity index (χ3v) is 2.85. The zero-order valence-corrected chi connectivity index (χ0v) is 11.6. The second-order valence-electron chi connectivity index (χ2n) is 4.54. The largest absolute Gasteiger partial charge is 0.473 e. The van der Waals surface area contributed by atoms with Gasteiger partial charge in [0.2, 0.25) is 5.88 Å². The second-order valence-corrected chi connectivity index (χ2v) is 4.54. The molecule has 104 valence electrons. The maximum absolute atomic E-state index is 5.74. The number of hydrogen-bond acceptors (Lipinski definition) is 5. The zero-order chi connectivity index (χ0) is 14.5. The molecule has 0 bridgehead atoms. The molecule has 2 aromatic heterocycles. The van der Waals surface area contributed by atoms with Crippen molar-refractivity contribution in [3.05, 3.63) is 66.2 Å². The Balaban J connectivity index is 1.82. The van der Waals surface area contributed by atoms with Crippen molar-refractivity contribution in [2.75, 3.05) is 0 Å². The average Bonchev–Trinajstić information content (AvgIpc) is 2.54. The molecule has 2 heterocycles. The van der Waals surface area contributed by atoms with Crippen molar-refractivity contribution in [3.63, 3.8) is 0 Å². The van der Waals surface area contributed by atoms with E-state index in [0.717, 1.165) is 11.3 Å². The van der Waals surface area contributed by atoms with Crippen LogP contribution in [0.15, 0.2) is 55.0 Å². The Kier molecular flexibility index (Phi) is 3.82. The van der Waals surface area contributed by atoms with Gasteiger partial charge in [0.1, 0.15) is 12.3 Å². The Morgan fingerprint density at radius 3 is 2.67 bits per heavy atom. The van der Waals surface area contributed by atoms with Crippen LogP contribution in [-0.2, 0) is 6.61 Å². The highest BCUT2D eigenvalue weighted by Crippen LogP contribution is 2.17. The second kappa shape index (κ2) is 6.09. The van der Waals surface area contributed by atoms with E-state index in [9.17, 15) is 0 Å². The maximum Gasteiger partial charge on any atom is 0.217 e. The molecule has 0 unspecified atom stereocenters. The van der Waals surface area contributed by atoms with E-state index >= 15 is 0 Å². The molecule has 0 amide bonds. The van der Waals surface area contributed by atoms with Gasteiger partial charge in [-0.05, 0) is 12.5 Å². The molecule has 0 saturated carbocycles. The quantitative estimate of drug-likeness (QED) is 0.734. The van der Waals surface area contributed by atoms with Gasteiger partial charge in [-0.25, -0.2) is 9.97 Å². The predicted octanol–water partition coefficient (Wildman–Crippen LogP) is 2.82. The fourth-order valence-corrected chi connectivity index (χ4v) is 1.87. The minimum absolute atomic E-state index is 0.469. The summed E-state index contributed by atoms with van der Waals surface area (Å²) < 4.78 is 5.74. The van der Waals surface area contributed by atoms with Crippen LogP contribution in [0.2, 0.25) is 0 Å². The normalized spacial score (nSPS) is 10.3. The van der Waals surface area contributed by atoms with Gasteiger partial charge in [-0.3, -0.25) is 4.98 Å². The Bertz CT molecular complexity index is 717. The van der Waals surface area contributed by atoms with Crippen molar-refractivity contribution in [3.8, 4) is 17.4 Å².